The molecule has 12 atom stereocenters. The first kappa shape index (κ1) is 46.9. The summed E-state index contributed by atoms with van der Waals surface area (Å²) in [6.45, 7) is 10.5. The summed E-state index contributed by atoms with van der Waals surface area (Å²) < 4.78 is 19.8. The van der Waals surface area contributed by atoms with Crippen molar-refractivity contribution in [2.45, 2.75) is 116 Å². The highest BCUT2D eigenvalue weighted by molar-refractivity contribution is 14.1. The van der Waals surface area contributed by atoms with Crippen molar-refractivity contribution in [1.82, 2.24) is 9.80 Å². The van der Waals surface area contributed by atoms with E-state index in [1.165, 1.54) is 6.08 Å². The molecule has 0 aromatic heterocycles. The third kappa shape index (κ3) is 14.2. The molecule has 308 valence electrons. The number of allylic oxidation sites excluding steroid dienone is 3. The molecule has 2 heterocycles. The number of carbonyl (C=O) groups is 2. The van der Waals surface area contributed by atoms with Crippen LogP contribution in [0.25, 0.3) is 10.4 Å². The lowest BCUT2D eigenvalue weighted by atomic mass is 9.79. The van der Waals surface area contributed by atoms with Gasteiger partial charge in [0, 0.05) is 45.9 Å². The summed E-state index contributed by atoms with van der Waals surface area (Å²) in [4.78, 5) is 33.9. The van der Waals surface area contributed by atoms with Gasteiger partial charge in [0.25, 0.3) is 0 Å². The maximum absolute atomic E-state index is 13.7. The topological polar surface area (TPSA) is 198 Å². The van der Waals surface area contributed by atoms with Crippen LogP contribution < -0.4 is 0 Å². The Bertz CT molecular complexity index is 1470. The van der Waals surface area contributed by atoms with Gasteiger partial charge < -0.3 is 39.5 Å². The first-order valence-corrected chi connectivity index (χ1v) is 20.4. The number of hydrogen-bond acceptors (Lipinski definition) is 12. The van der Waals surface area contributed by atoms with E-state index in [4.69, 9.17) is 19.7 Å². The number of hydrogen-bond donors (Lipinski definition) is 4. The molecule has 0 bridgehead atoms. The highest BCUT2D eigenvalue weighted by Gasteiger charge is 2.47. The molecule has 2 aliphatic heterocycles. The van der Waals surface area contributed by atoms with Crippen LogP contribution in [0.15, 0.2) is 53.2 Å². The molecule has 4 N–H and O–H groups in total. The van der Waals surface area contributed by atoms with E-state index in [1.807, 2.05) is 45.0 Å². The van der Waals surface area contributed by atoms with Crippen LogP contribution in [-0.2, 0) is 30.3 Å². The van der Waals surface area contributed by atoms with Crippen molar-refractivity contribution < 1.29 is 44.2 Å². The Morgan fingerprint density at radius 2 is 1.75 bits per heavy atom. The summed E-state index contributed by atoms with van der Waals surface area (Å²) in [5.41, 5.74) is 10.8. The zero-order valence-corrected chi connectivity index (χ0v) is 35.4. The maximum Gasteiger partial charge on any atom is 0.308 e. The zero-order valence-electron chi connectivity index (χ0n) is 33.3. The highest BCUT2D eigenvalue weighted by Crippen LogP contribution is 2.35. The van der Waals surface area contributed by atoms with Gasteiger partial charge in [-0.2, -0.15) is 0 Å². The Hall–Kier alpha value is -2.44. The summed E-state index contributed by atoms with van der Waals surface area (Å²) in [7, 11) is 3.50. The Kier molecular flexibility index (Phi) is 19.7. The molecule has 0 amide bonds. The van der Waals surface area contributed by atoms with Gasteiger partial charge in [0.05, 0.1) is 43.5 Å². The van der Waals surface area contributed by atoms with E-state index in [2.05, 4.69) is 37.5 Å². The first-order chi connectivity index (χ1) is 26.1. The van der Waals surface area contributed by atoms with Gasteiger partial charge in [-0.1, -0.05) is 55.7 Å². The van der Waals surface area contributed by atoms with Gasteiger partial charge in [-0.3, -0.25) is 14.5 Å². The summed E-state index contributed by atoms with van der Waals surface area (Å²) >= 11 is 2.26. The van der Waals surface area contributed by atoms with Crippen molar-refractivity contribution in [2.75, 3.05) is 40.3 Å². The number of rotatable bonds is 13. The fourth-order valence-corrected chi connectivity index (χ4v) is 7.91. The molecule has 1 aromatic carbocycles. The fraction of sp³-hybridized carbons (Fsp3) is 0.700. The Morgan fingerprint density at radius 1 is 1.05 bits per heavy atom. The average molecular weight is 884 g/mol. The normalized spacial score (nSPS) is 34.5. The maximum atomic E-state index is 13.7. The van der Waals surface area contributed by atoms with E-state index in [-0.39, 0.29) is 25.4 Å². The van der Waals surface area contributed by atoms with Crippen molar-refractivity contribution in [2.24, 2.45) is 28.8 Å². The molecular formula is C40H62IN5O9. The van der Waals surface area contributed by atoms with Gasteiger partial charge in [0.2, 0.25) is 0 Å². The number of benzene rings is 1. The summed E-state index contributed by atoms with van der Waals surface area (Å²) in [6, 6.07) is 7.43. The molecule has 2 aliphatic rings. The van der Waals surface area contributed by atoms with E-state index in [9.17, 15) is 30.0 Å². The van der Waals surface area contributed by atoms with Crippen LogP contribution in [0, 0.1) is 27.2 Å². The average Bonchev–Trinajstić information content (AvgIpc) is 3.14. The fourth-order valence-electron chi connectivity index (χ4n) is 7.55. The van der Waals surface area contributed by atoms with Gasteiger partial charge in [0.1, 0.15) is 12.2 Å². The minimum absolute atomic E-state index is 0.117. The molecule has 1 fully saturated rings. The number of ketones is 1. The monoisotopic (exact) mass is 883 g/mol. The van der Waals surface area contributed by atoms with Gasteiger partial charge in [-0.15, -0.1) is 0 Å². The van der Waals surface area contributed by atoms with Crippen LogP contribution in [0.1, 0.15) is 65.9 Å². The number of cyclic esters (lactones) is 1. The Balaban J connectivity index is 2.10. The number of azide groups is 1. The largest absolute Gasteiger partial charge is 0.462 e. The lowest BCUT2D eigenvalue weighted by Gasteiger charge is -2.46. The van der Waals surface area contributed by atoms with Crippen LogP contribution in [0.3, 0.4) is 0 Å². The molecule has 0 spiro atoms. The highest BCUT2D eigenvalue weighted by atomic mass is 127. The van der Waals surface area contributed by atoms with E-state index in [0.29, 0.717) is 38.9 Å². The number of carbonyl (C=O) groups excluding carboxylic acids is 2. The quantitative estimate of drug-likeness (QED) is 0.0710. The van der Waals surface area contributed by atoms with Crippen LogP contribution in [0.4, 0.5) is 0 Å². The second kappa shape index (κ2) is 23.1. The molecule has 0 radical (unpaired) electrons. The van der Waals surface area contributed by atoms with E-state index in [1.54, 1.807) is 45.0 Å². The van der Waals surface area contributed by atoms with Crippen LogP contribution in [0.2, 0.25) is 0 Å². The van der Waals surface area contributed by atoms with Crippen molar-refractivity contribution in [1.29, 1.82) is 0 Å². The lowest BCUT2D eigenvalue weighted by Crippen LogP contribution is -2.63. The first-order valence-electron chi connectivity index (χ1n) is 19.3. The van der Waals surface area contributed by atoms with Gasteiger partial charge in [0.15, 0.2) is 12.1 Å². The van der Waals surface area contributed by atoms with Crippen LogP contribution in [0.5, 0.6) is 0 Å². The van der Waals surface area contributed by atoms with Crippen molar-refractivity contribution in [3.63, 3.8) is 0 Å². The van der Waals surface area contributed by atoms with Crippen molar-refractivity contribution in [3.05, 3.63) is 67.6 Å². The summed E-state index contributed by atoms with van der Waals surface area (Å²) in [6.07, 6.45) is -1.02. The minimum Gasteiger partial charge on any atom is -0.462 e. The standard InChI is InChI=1S/C40H62IN5O9/c1-8-34-30(23-47)19-24(2)9-14-32(48)25(3)20-29(15-17-46(18-16-43-44-42)22-28-10-12-31(41)13-11-28)39(26(4)33(49)21-35(50)54-34)55-40-38(52)36(45(6)7)37(51)27(5)53-40/h9-14,19,25-27,29-30,33-34,36-40,47,49,51-52H,8,15-18,20-23H2,1-7H3/b14-9+,24-19+/t25-,26+,27-,29+,30-,33-,34-,36?,37-,38?,39-,40+/m1/s1. The number of nitrogens with zero attached hydrogens (tertiary/aromatic N) is 5. The molecule has 0 saturated carbocycles. The number of aliphatic hydroxyl groups is 4. The van der Waals surface area contributed by atoms with Crippen LogP contribution >= 0.6 is 22.6 Å². The summed E-state index contributed by atoms with van der Waals surface area (Å²) in [5, 5.41) is 48.2. The predicted molar refractivity (Wildman–Crippen MR) is 217 cm³/mol. The molecule has 2 unspecified atom stereocenters. The van der Waals surface area contributed by atoms with Gasteiger partial charge >= 0.3 is 5.97 Å². The molecule has 1 saturated heterocycles. The Morgan fingerprint density at radius 3 is 2.36 bits per heavy atom. The van der Waals surface area contributed by atoms with Gasteiger partial charge in [-0.25, -0.2) is 0 Å². The second-order valence-electron chi connectivity index (χ2n) is 15.3. The number of aliphatic hydroxyl groups excluding tert-OH is 4. The zero-order chi connectivity index (χ0) is 40.8. The van der Waals surface area contributed by atoms with E-state index < -0.39 is 78.6 Å². The molecule has 0 aliphatic carbocycles. The molecular weight excluding hydrogens is 821 g/mol. The smallest absolute Gasteiger partial charge is 0.308 e. The molecule has 1 aromatic rings. The lowest BCUT2D eigenvalue weighted by molar-refractivity contribution is -0.304. The van der Waals surface area contributed by atoms with Crippen molar-refractivity contribution in [3.8, 4) is 0 Å². The number of ether oxygens (including phenoxy) is 3. The summed E-state index contributed by atoms with van der Waals surface area (Å²) in [5.74, 6) is -2.87. The van der Waals surface area contributed by atoms with Crippen molar-refractivity contribution >= 4 is 34.3 Å². The molecule has 55 heavy (non-hydrogen) atoms. The number of halogens is 1. The Labute approximate surface area is 339 Å². The third-order valence-corrected chi connectivity index (χ3v) is 11.6. The minimum atomic E-state index is -1.27. The van der Waals surface area contributed by atoms with Crippen LogP contribution in [-0.4, -0.2) is 131 Å². The second-order valence-corrected chi connectivity index (χ2v) is 16.6. The number of likely N-dealkylation sites (N-methyl/N-ethyl adjacent to an activating group) is 1. The molecule has 15 heteroatoms. The number of esters is 1. The molecule has 3 rings (SSSR count). The van der Waals surface area contributed by atoms with E-state index in [0.717, 1.165) is 14.7 Å². The third-order valence-electron chi connectivity index (χ3n) is 10.9. The SMILES string of the molecule is CC[C@H]1OC(=O)C[C@@H](O)[C@H](C)[C@@H](O[C@@H]2O[C@H](C)[C@@H](O)C(N(C)C)C2O)[C@@H](CCN(CCN=[N+]=[N-])Cc2ccc(I)cc2)C[C@@H](C)C(=O)/C=C/C(C)=C/[C@@H]1CO. The predicted octanol–water partition coefficient (Wildman–Crippen LogP) is 4.62. The van der Waals surface area contributed by atoms with Gasteiger partial charge in [-0.05, 0) is 112 Å². The molecule has 14 nitrogen and oxygen atoms in total. The van der Waals surface area contributed by atoms with E-state index >= 15 is 0 Å².